The highest BCUT2D eigenvalue weighted by Crippen LogP contribution is 2.32. The Labute approximate surface area is 232 Å². The molecule has 0 saturated heterocycles. The van der Waals surface area contributed by atoms with Gasteiger partial charge in [0.05, 0.1) is 23.9 Å². The van der Waals surface area contributed by atoms with Crippen LogP contribution in [0.3, 0.4) is 0 Å². The van der Waals surface area contributed by atoms with E-state index in [1.165, 1.54) is 12.4 Å². The molecule has 2 aromatic carbocycles. The molecule has 3 aromatic rings. The van der Waals surface area contributed by atoms with Crippen LogP contribution in [0.25, 0.3) is 0 Å². The average Bonchev–Trinajstić information content (AvgIpc) is 3.72. The zero-order valence-electron chi connectivity index (χ0n) is 20.0. The number of hydrogen-bond acceptors (Lipinski definition) is 7. The second kappa shape index (κ2) is 12.4. The van der Waals surface area contributed by atoms with Gasteiger partial charge in [0.25, 0.3) is 5.91 Å². The number of aliphatic hydroxyl groups is 1. The number of sulfonamides is 1. The van der Waals surface area contributed by atoms with Crippen molar-refractivity contribution in [2.24, 2.45) is 5.92 Å². The zero-order chi connectivity index (χ0) is 27.3. The highest BCUT2D eigenvalue weighted by molar-refractivity contribution is 14.1. The van der Waals surface area contributed by atoms with Crippen molar-refractivity contribution in [3.63, 3.8) is 0 Å². The first-order valence-electron chi connectivity index (χ1n) is 11.7. The van der Waals surface area contributed by atoms with Gasteiger partial charge < -0.3 is 10.4 Å². The fraction of sp³-hybridized carbons (Fsp3) is 0.280. The molecule has 1 unspecified atom stereocenters. The lowest BCUT2D eigenvalue weighted by molar-refractivity contribution is 0.0270. The molecule has 38 heavy (non-hydrogen) atoms. The third-order valence-corrected chi connectivity index (χ3v) is 7.99. The van der Waals surface area contributed by atoms with Crippen LogP contribution < -0.4 is 15.5 Å². The number of aliphatic hydroxyl groups excluding tert-OH is 1. The second-order valence-corrected chi connectivity index (χ2v) is 11.6. The molecule has 1 atom stereocenters. The summed E-state index contributed by atoms with van der Waals surface area (Å²) in [6.07, 6.45) is 4.74. The SMILES string of the molecule is O=C(NOCC1CC1)c1cc(S(=O)(=O)NC(CCO)c2cccnc2)c(F)c(F)c1Nc1ccc(I)cc1. The maximum Gasteiger partial charge on any atom is 0.277 e. The molecule has 0 spiro atoms. The van der Waals surface area contributed by atoms with E-state index in [9.17, 15) is 18.3 Å². The molecule has 4 N–H and O–H groups in total. The summed E-state index contributed by atoms with van der Waals surface area (Å²) in [6.45, 7) is -0.139. The van der Waals surface area contributed by atoms with Crippen LogP contribution >= 0.6 is 22.6 Å². The summed E-state index contributed by atoms with van der Waals surface area (Å²) in [5, 5.41) is 12.1. The highest BCUT2D eigenvalue weighted by Gasteiger charge is 2.31. The van der Waals surface area contributed by atoms with Crippen LogP contribution in [0.2, 0.25) is 0 Å². The minimum absolute atomic E-state index is 0.0518. The molecule has 1 aliphatic carbocycles. The van der Waals surface area contributed by atoms with E-state index < -0.39 is 49.8 Å². The molecule has 0 bridgehead atoms. The number of hydroxylamine groups is 1. The molecule has 9 nitrogen and oxygen atoms in total. The first-order valence-corrected chi connectivity index (χ1v) is 14.3. The fourth-order valence-corrected chi connectivity index (χ4v) is 5.31. The number of aromatic nitrogens is 1. The van der Waals surface area contributed by atoms with Crippen molar-refractivity contribution in [3.8, 4) is 0 Å². The topological polar surface area (TPSA) is 130 Å². The Morgan fingerprint density at radius 3 is 2.55 bits per heavy atom. The Morgan fingerprint density at radius 1 is 1.18 bits per heavy atom. The number of nitrogens with one attached hydrogen (secondary N) is 3. The monoisotopic (exact) mass is 658 g/mol. The van der Waals surface area contributed by atoms with Crippen LogP contribution in [-0.4, -0.2) is 37.6 Å². The Morgan fingerprint density at radius 2 is 1.92 bits per heavy atom. The van der Waals surface area contributed by atoms with Gasteiger partial charge in [0.2, 0.25) is 10.0 Å². The lowest BCUT2D eigenvalue weighted by Crippen LogP contribution is -2.31. The van der Waals surface area contributed by atoms with E-state index in [-0.39, 0.29) is 19.6 Å². The zero-order valence-corrected chi connectivity index (χ0v) is 22.9. The summed E-state index contributed by atoms with van der Waals surface area (Å²) in [5.74, 6) is -3.87. The number of benzene rings is 2. The molecule has 4 rings (SSSR count). The maximum atomic E-state index is 15.4. The van der Waals surface area contributed by atoms with Crippen LogP contribution in [0.5, 0.6) is 0 Å². The number of nitrogens with zero attached hydrogens (tertiary/aromatic N) is 1. The van der Waals surface area contributed by atoms with Crippen molar-refractivity contribution >= 4 is 49.9 Å². The fourth-order valence-electron chi connectivity index (χ4n) is 3.60. The van der Waals surface area contributed by atoms with E-state index in [4.69, 9.17) is 4.84 Å². The number of amides is 1. The molecule has 1 aliphatic rings. The van der Waals surface area contributed by atoms with Crippen LogP contribution in [0.4, 0.5) is 20.2 Å². The minimum atomic E-state index is -4.71. The molecule has 1 fully saturated rings. The molecular formula is C25H25F2IN4O5S. The standard InChI is InChI=1S/C25H25F2IN4O5S/c26-22-21(38(35,36)32-20(9-11-33)16-2-1-10-29-13-16)12-19(25(34)31-37-14-15-3-4-15)24(23(22)27)30-18-7-5-17(28)6-8-18/h1-2,5-8,10,12-13,15,20,30,32-33H,3-4,9,11,14H2,(H,31,34). The van der Waals surface area contributed by atoms with Gasteiger partial charge in [0.15, 0.2) is 11.6 Å². The Bertz CT molecular complexity index is 1390. The Kier molecular flexibility index (Phi) is 9.25. The third-order valence-electron chi connectivity index (χ3n) is 5.80. The van der Waals surface area contributed by atoms with Gasteiger partial charge in [-0.05, 0) is 89.7 Å². The largest absolute Gasteiger partial charge is 0.396 e. The average molecular weight is 658 g/mol. The predicted octanol–water partition coefficient (Wildman–Crippen LogP) is 4.18. The van der Waals surface area contributed by atoms with Crippen LogP contribution in [0.1, 0.15) is 41.2 Å². The number of carbonyl (C=O) groups excluding carboxylic acids is 1. The summed E-state index contributed by atoms with van der Waals surface area (Å²) in [5.41, 5.74) is 1.94. The van der Waals surface area contributed by atoms with Crippen LogP contribution in [0.15, 0.2) is 59.8 Å². The van der Waals surface area contributed by atoms with Gasteiger partial charge in [-0.2, -0.15) is 0 Å². The van der Waals surface area contributed by atoms with Gasteiger partial charge in [-0.1, -0.05) is 6.07 Å². The summed E-state index contributed by atoms with van der Waals surface area (Å²) in [6, 6.07) is 9.57. The van der Waals surface area contributed by atoms with Crippen LogP contribution in [0, 0.1) is 21.1 Å². The molecule has 1 saturated carbocycles. The molecular weight excluding hydrogens is 633 g/mol. The molecule has 0 radical (unpaired) electrons. The van der Waals surface area contributed by atoms with Crippen molar-refractivity contribution in [2.45, 2.75) is 30.2 Å². The number of carbonyl (C=O) groups is 1. The minimum Gasteiger partial charge on any atom is -0.396 e. The smallest absolute Gasteiger partial charge is 0.277 e. The normalized spacial score (nSPS) is 14.2. The molecule has 1 aromatic heterocycles. The van der Waals surface area contributed by atoms with Gasteiger partial charge in [0, 0.05) is 28.3 Å². The van der Waals surface area contributed by atoms with Crippen molar-refractivity contribution in [2.75, 3.05) is 18.5 Å². The van der Waals surface area contributed by atoms with Gasteiger partial charge >= 0.3 is 0 Å². The summed E-state index contributed by atoms with van der Waals surface area (Å²) < 4.78 is 60.4. The van der Waals surface area contributed by atoms with Gasteiger partial charge in [-0.3, -0.25) is 14.6 Å². The summed E-state index contributed by atoms with van der Waals surface area (Å²) in [4.78, 5) is 21.0. The van der Waals surface area contributed by atoms with Crippen molar-refractivity contribution in [1.29, 1.82) is 0 Å². The van der Waals surface area contributed by atoms with Crippen molar-refractivity contribution in [1.82, 2.24) is 15.2 Å². The summed E-state index contributed by atoms with van der Waals surface area (Å²) >= 11 is 2.08. The molecule has 13 heteroatoms. The van der Waals surface area contributed by atoms with Crippen molar-refractivity contribution < 1.29 is 31.9 Å². The van der Waals surface area contributed by atoms with Crippen LogP contribution in [-0.2, 0) is 14.9 Å². The molecule has 1 heterocycles. The van der Waals surface area contributed by atoms with Gasteiger partial charge in [-0.15, -0.1) is 0 Å². The predicted molar refractivity (Wildman–Crippen MR) is 144 cm³/mol. The Hall–Kier alpha value is -2.72. The Balaban J connectivity index is 1.72. The van der Waals surface area contributed by atoms with Gasteiger partial charge in [-0.25, -0.2) is 27.4 Å². The van der Waals surface area contributed by atoms with E-state index in [0.717, 1.165) is 22.5 Å². The number of hydrogen-bond donors (Lipinski definition) is 4. The maximum absolute atomic E-state index is 15.4. The van der Waals surface area contributed by atoms with E-state index in [1.54, 1.807) is 36.4 Å². The number of anilines is 2. The van der Waals surface area contributed by atoms with E-state index >= 15 is 8.78 Å². The molecule has 1 amide bonds. The first-order chi connectivity index (χ1) is 18.2. The molecule has 0 aliphatic heterocycles. The van der Waals surface area contributed by atoms with E-state index in [0.29, 0.717) is 17.2 Å². The quantitative estimate of drug-likeness (QED) is 0.170. The second-order valence-electron chi connectivity index (χ2n) is 8.72. The number of rotatable bonds is 12. The van der Waals surface area contributed by atoms with E-state index in [2.05, 4.69) is 43.1 Å². The lowest BCUT2D eigenvalue weighted by Gasteiger charge is -2.20. The summed E-state index contributed by atoms with van der Waals surface area (Å²) in [7, 11) is -4.71. The van der Waals surface area contributed by atoms with Gasteiger partial charge in [0.1, 0.15) is 4.90 Å². The highest BCUT2D eigenvalue weighted by atomic mass is 127. The third kappa shape index (κ3) is 7.02. The first kappa shape index (κ1) is 28.3. The number of halogens is 3. The van der Waals surface area contributed by atoms with Crippen molar-refractivity contribution in [3.05, 3.63) is 81.2 Å². The number of pyridine rings is 1. The molecule has 202 valence electrons. The lowest BCUT2D eigenvalue weighted by atomic mass is 10.1. The van der Waals surface area contributed by atoms with E-state index in [1.807, 2.05) is 0 Å².